The second-order valence-corrected chi connectivity index (χ2v) is 4.89. The second-order valence-electron chi connectivity index (χ2n) is 2.36. The summed E-state index contributed by atoms with van der Waals surface area (Å²) in [5.41, 5.74) is -1.71. The maximum atomic E-state index is 12.0. The molecule has 0 atom stereocenters. The van der Waals surface area contributed by atoms with Crippen LogP contribution in [0.2, 0.25) is 0 Å². The van der Waals surface area contributed by atoms with Crippen LogP contribution in [0.3, 0.4) is 0 Å². The molecule has 14 heavy (non-hydrogen) atoms. The molecule has 0 fully saturated rings. The molecule has 1 aromatic heterocycles. The van der Waals surface area contributed by atoms with Crippen LogP contribution < -0.4 is 5.43 Å². The van der Waals surface area contributed by atoms with Gasteiger partial charge in [0.05, 0.1) is 5.69 Å². The third kappa shape index (κ3) is 2.30. The molecule has 4 nitrogen and oxygen atoms in total. The Morgan fingerprint density at radius 2 is 2.00 bits per heavy atom. The summed E-state index contributed by atoms with van der Waals surface area (Å²) < 4.78 is 45.4. The molecule has 0 bridgehead atoms. The Balaban J connectivity index is 3.36. The lowest BCUT2D eigenvalue weighted by atomic mass is 10.3. The zero-order valence-corrected chi connectivity index (χ0v) is 8.07. The van der Waals surface area contributed by atoms with Gasteiger partial charge < -0.3 is 4.98 Å². The monoisotopic (exact) mass is 243 g/mol. The number of pyridine rings is 1. The Hall–Kier alpha value is -0.950. The normalized spacial score (nSPS) is 12.0. The Morgan fingerprint density at radius 3 is 2.36 bits per heavy atom. The van der Waals surface area contributed by atoms with Gasteiger partial charge in [-0.1, -0.05) is 0 Å². The van der Waals surface area contributed by atoms with E-state index in [1.54, 1.807) is 0 Å². The van der Waals surface area contributed by atoms with Crippen molar-refractivity contribution in [2.24, 2.45) is 0 Å². The highest BCUT2D eigenvalue weighted by atomic mass is 35.7. The van der Waals surface area contributed by atoms with E-state index in [-0.39, 0.29) is 0 Å². The molecule has 1 aromatic rings. The number of H-pyrrole nitrogens is 1. The molecule has 1 heterocycles. The highest BCUT2D eigenvalue weighted by Crippen LogP contribution is 2.16. The largest absolute Gasteiger partial charge is 0.359 e. The summed E-state index contributed by atoms with van der Waals surface area (Å²) in [7, 11) is 0.668. The molecule has 0 radical (unpaired) electrons. The molecule has 0 amide bonds. The summed E-state index contributed by atoms with van der Waals surface area (Å²) >= 11 is 0. The summed E-state index contributed by atoms with van der Waals surface area (Å²) in [6.45, 7) is 0. The van der Waals surface area contributed by atoms with Crippen molar-refractivity contribution in [1.82, 2.24) is 4.98 Å². The van der Waals surface area contributed by atoms with Crippen LogP contribution in [0, 0.1) is 0 Å². The van der Waals surface area contributed by atoms with Crippen molar-refractivity contribution in [3.05, 3.63) is 28.2 Å². The van der Waals surface area contributed by atoms with Crippen LogP contribution in [0.15, 0.2) is 22.0 Å². The number of hydrogen-bond acceptors (Lipinski definition) is 3. The van der Waals surface area contributed by atoms with E-state index < -0.39 is 31.5 Å². The SMILES string of the molecule is O=c1cc(C(F)F)[nH]cc1S(=O)(=O)Cl. The lowest BCUT2D eigenvalue weighted by Crippen LogP contribution is -2.12. The first-order valence-corrected chi connectivity index (χ1v) is 5.59. The minimum Gasteiger partial charge on any atom is -0.359 e. The molecule has 0 aliphatic heterocycles. The van der Waals surface area contributed by atoms with Crippen molar-refractivity contribution in [2.75, 3.05) is 0 Å². The molecule has 0 saturated carbocycles. The van der Waals surface area contributed by atoms with Gasteiger partial charge >= 0.3 is 0 Å². The molecular formula is C6H4ClF2NO3S. The molecule has 0 saturated heterocycles. The molecule has 0 spiro atoms. The molecule has 0 aliphatic rings. The van der Waals surface area contributed by atoms with Gasteiger partial charge in [-0.15, -0.1) is 0 Å². The fourth-order valence-electron chi connectivity index (χ4n) is 0.791. The van der Waals surface area contributed by atoms with Crippen LogP contribution in [0.1, 0.15) is 12.1 Å². The smallest absolute Gasteiger partial charge is 0.278 e. The van der Waals surface area contributed by atoms with E-state index in [0.717, 1.165) is 0 Å². The van der Waals surface area contributed by atoms with Crippen molar-refractivity contribution in [3.63, 3.8) is 0 Å². The Labute approximate surface area is 81.9 Å². The fourth-order valence-corrected chi connectivity index (χ4v) is 1.65. The van der Waals surface area contributed by atoms with Crippen LogP contribution in [-0.4, -0.2) is 13.4 Å². The number of rotatable bonds is 2. The number of alkyl halides is 2. The lowest BCUT2D eigenvalue weighted by molar-refractivity contribution is 0.146. The summed E-state index contributed by atoms with van der Waals surface area (Å²) in [4.78, 5) is 12.2. The van der Waals surface area contributed by atoms with E-state index in [1.807, 2.05) is 4.98 Å². The van der Waals surface area contributed by atoms with E-state index in [1.165, 1.54) is 0 Å². The van der Waals surface area contributed by atoms with Gasteiger partial charge in [0.2, 0.25) is 5.43 Å². The van der Waals surface area contributed by atoms with Gasteiger partial charge in [0.1, 0.15) is 4.90 Å². The van der Waals surface area contributed by atoms with Crippen molar-refractivity contribution < 1.29 is 17.2 Å². The summed E-state index contributed by atoms with van der Waals surface area (Å²) in [6, 6.07) is 0.500. The Kier molecular flexibility index (Phi) is 2.91. The molecular weight excluding hydrogens is 240 g/mol. The summed E-state index contributed by atoms with van der Waals surface area (Å²) in [5, 5.41) is 0. The number of hydrogen-bond donors (Lipinski definition) is 1. The number of halogens is 3. The topological polar surface area (TPSA) is 67.0 Å². The minimum absolute atomic E-state index is 0.500. The van der Waals surface area contributed by atoms with Crippen LogP contribution in [0.4, 0.5) is 8.78 Å². The van der Waals surface area contributed by atoms with Gasteiger partial charge in [0.15, 0.2) is 0 Å². The van der Waals surface area contributed by atoms with Crippen LogP contribution in [-0.2, 0) is 9.05 Å². The minimum atomic E-state index is -4.19. The second kappa shape index (κ2) is 3.66. The maximum Gasteiger partial charge on any atom is 0.278 e. The average molecular weight is 244 g/mol. The first-order valence-electron chi connectivity index (χ1n) is 3.28. The van der Waals surface area contributed by atoms with Crippen molar-refractivity contribution in [2.45, 2.75) is 11.3 Å². The standard InChI is InChI=1S/C6H4ClF2NO3S/c7-14(12,13)5-2-10-3(6(8)9)1-4(5)11/h1-2,6H,(H,10,11). The van der Waals surface area contributed by atoms with Gasteiger partial charge in [-0.3, -0.25) is 4.79 Å². The molecule has 78 valence electrons. The molecule has 8 heteroatoms. The highest BCUT2D eigenvalue weighted by molar-refractivity contribution is 8.13. The summed E-state index contributed by atoms with van der Waals surface area (Å²) in [5.74, 6) is 0. The van der Waals surface area contributed by atoms with E-state index in [9.17, 15) is 22.0 Å². The zero-order chi connectivity index (χ0) is 10.9. The maximum absolute atomic E-state index is 12.0. The van der Waals surface area contributed by atoms with Crippen LogP contribution in [0.25, 0.3) is 0 Å². The fraction of sp³-hybridized carbons (Fsp3) is 0.167. The first-order chi connectivity index (χ1) is 6.32. The highest BCUT2D eigenvalue weighted by Gasteiger charge is 2.17. The van der Waals surface area contributed by atoms with Gasteiger partial charge in [-0.25, -0.2) is 17.2 Å². The Morgan fingerprint density at radius 1 is 1.43 bits per heavy atom. The van der Waals surface area contributed by atoms with E-state index in [0.29, 0.717) is 12.3 Å². The van der Waals surface area contributed by atoms with Gasteiger partial charge in [0, 0.05) is 22.9 Å². The van der Waals surface area contributed by atoms with Crippen LogP contribution in [0.5, 0.6) is 0 Å². The van der Waals surface area contributed by atoms with Crippen molar-refractivity contribution in [1.29, 1.82) is 0 Å². The number of nitrogens with one attached hydrogen (secondary N) is 1. The predicted molar refractivity (Wildman–Crippen MR) is 45.1 cm³/mol. The van der Waals surface area contributed by atoms with Gasteiger partial charge in [-0.05, 0) is 0 Å². The van der Waals surface area contributed by atoms with Gasteiger partial charge in [-0.2, -0.15) is 0 Å². The molecule has 1 N–H and O–H groups in total. The number of aromatic amines is 1. The zero-order valence-electron chi connectivity index (χ0n) is 6.50. The third-order valence-corrected chi connectivity index (χ3v) is 2.74. The van der Waals surface area contributed by atoms with E-state index in [4.69, 9.17) is 10.7 Å². The average Bonchev–Trinajstić information content (AvgIpc) is 2.01. The molecule has 1 rings (SSSR count). The predicted octanol–water partition coefficient (Wildman–Crippen LogP) is 1.24. The molecule has 0 unspecified atom stereocenters. The molecule has 0 aromatic carbocycles. The van der Waals surface area contributed by atoms with Gasteiger partial charge in [0.25, 0.3) is 15.5 Å². The van der Waals surface area contributed by atoms with E-state index in [2.05, 4.69) is 0 Å². The lowest BCUT2D eigenvalue weighted by Gasteiger charge is -1.99. The van der Waals surface area contributed by atoms with Crippen molar-refractivity contribution >= 4 is 19.7 Å². The molecule has 0 aliphatic carbocycles. The number of aromatic nitrogens is 1. The quantitative estimate of drug-likeness (QED) is 0.795. The Bertz CT molecular complexity index is 496. The van der Waals surface area contributed by atoms with Crippen molar-refractivity contribution in [3.8, 4) is 0 Å². The first kappa shape index (κ1) is 11.1. The van der Waals surface area contributed by atoms with E-state index >= 15 is 0 Å². The third-order valence-electron chi connectivity index (χ3n) is 1.40. The summed E-state index contributed by atoms with van der Waals surface area (Å²) in [6.07, 6.45) is -2.22. The van der Waals surface area contributed by atoms with Crippen LogP contribution >= 0.6 is 10.7 Å².